The van der Waals surface area contributed by atoms with E-state index in [1.807, 2.05) is 0 Å². The van der Waals surface area contributed by atoms with Crippen molar-refractivity contribution in [3.05, 3.63) is 28.8 Å². The minimum Gasteiger partial charge on any atom is -0.496 e. The molecule has 0 saturated carbocycles. The first kappa shape index (κ1) is 13.8. The van der Waals surface area contributed by atoms with Crippen LogP contribution in [0.3, 0.4) is 0 Å². The lowest BCUT2D eigenvalue weighted by Gasteiger charge is -2.19. The Kier molecular flexibility index (Phi) is 4.74. The molecule has 0 amide bonds. The highest BCUT2D eigenvalue weighted by Crippen LogP contribution is 2.30. The fraction of sp³-hybridized carbons (Fsp3) is 0.364. The van der Waals surface area contributed by atoms with Crippen molar-refractivity contribution in [3.8, 4) is 5.75 Å². The first-order valence-electron chi connectivity index (χ1n) is 4.87. The predicted octanol–water partition coefficient (Wildman–Crippen LogP) is 1.22. The van der Waals surface area contributed by atoms with Gasteiger partial charge >= 0.3 is 5.97 Å². The van der Waals surface area contributed by atoms with Crippen LogP contribution in [0.4, 0.5) is 0 Å². The molecule has 0 aliphatic carbocycles. The lowest BCUT2D eigenvalue weighted by Crippen LogP contribution is -2.22. The molecule has 1 aromatic carbocycles. The second-order valence-electron chi connectivity index (χ2n) is 3.50. The number of aliphatic hydroxyl groups excluding tert-OH is 2. The van der Waals surface area contributed by atoms with E-state index in [1.165, 1.54) is 25.3 Å². The van der Waals surface area contributed by atoms with Gasteiger partial charge in [0, 0.05) is 10.6 Å². The molecule has 17 heavy (non-hydrogen) atoms. The Labute approximate surface area is 103 Å². The third-order valence-corrected chi connectivity index (χ3v) is 2.50. The van der Waals surface area contributed by atoms with Crippen LogP contribution in [0.2, 0.25) is 5.02 Å². The molecule has 0 fully saturated rings. The molecule has 1 aromatic rings. The highest BCUT2D eigenvalue weighted by molar-refractivity contribution is 6.30. The average Bonchev–Trinajstić information content (AvgIpc) is 2.27. The summed E-state index contributed by atoms with van der Waals surface area (Å²) in [6.07, 6.45) is -3.28. The van der Waals surface area contributed by atoms with E-state index in [2.05, 4.69) is 0 Å². The van der Waals surface area contributed by atoms with Gasteiger partial charge < -0.3 is 20.1 Å². The fourth-order valence-corrected chi connectivity index (χ4v) is 1.59. The number of benzene rings is 1. The van der Waals surface area contributed by atoms with Gasteiger partial charge in [0.25, 0.3) is 0 Å². The summed E-state index contributed by atoms with van der Waals surface area (Å²) in [4.78, 5) is 10.4. The molecular weight excluding hydrogens is 248 g/mol. The van der Waals surface area contributed by atoms with E-state index < -0.39 is 24.6 Å². The predicted molar refractivity (Wildman–Crippen MR) is 61.2 cm³/mol. The van der Waals surface area contributed by atoms with Crippen LogP contribution in [0, 0.1) is 0 Å². The fourth-order valence-electron chi connectivity index (χ4n) is 1.43. The van der Waals surface area contributed by atoms with Crippen LogP contribution < -0.4 is 4.74 Å². The molecule has 2 unspecified atom stereocenters. The number of ether oxygens (including phenoxy) is 1. The second-order valence-corrected chi connectivity index (χ2v) is 3.93. The van der Waals surface area contributed by atoms with Crippen molar-refractivity contribution >= 4 is 17.6 Å². The third-order valence-electron chi connectivity index (χ3n) is 2.26. The van der Waals surface area contributed by atoms with Crippen molar-refractivity contribution < 1.29 is 24.9 Å². The third kappa shape index (κ3) is 3.59. The van der Waals surface area contributed by atoms with Crippen molar-refractivity contribution in [2.45, 2.75) is 18.6 Å². The number of carboxylic acids is 1. The topological polar surface area (TPSA) is 87.0 Å². The maximum Gasteiger partial charge on any atom is 0.306 e. The highest BCUT2D eigenvalue weighted by Gasteiger charge is 2.24. The summed E-state index contributed by atoms with van der Waals surface area (Å²) in [5.41, 5.74) is 0.297. The summed E-state index contributed by atoms with van der Waals surface area (Å²) in [7, 11) is 1.39. The van der Waals surface area contributed by atoms with Crippen LogP contribution in [0.15, 0.2) is 18.2 Å². The SMILES string of the molecule is COc1cc(Cl)ccc1C(O)C(O)CC(=O)O. The number of halogens is 1. The van der Waals surface area contributed by atoms with Crippen LogP contribution in [0.1, 0.15) is 18.1 Å². The normalized spacial score (nSPS) is 14.1. The number of methoxy groups -OCH3 is 1. The Morgan fingerprint density at radius 3 is 2.65 bits per heavy atom. The molecule has 1 rings (SSSR count). The zero-order valence-corrected chi connectivity index (χ0v) is 9.89. The number of hydrogen-bond acceptors (Lipinski definition) is 4. The minimum atomic E-state index is -1.40. The number of aliphatic carboxylic acids is 1. The lowest BCUT2D eigenvalue weighted by atomic mass is 10.0. The number of rotatable bonds is 5. The van der Waals surface area contributed by atoms with Gasteiger partial charge in [0.1, 0.15) is 11.9 Å². The Balaban J connectivity index is 2.94. The number of carbonyl (C=O) groups is 1. The van der Waals surface area contributed by atoms with E-state index in [0.717, 1.165) is 0 Å². The van der Waals surface area contributed by atoms with Crippen molar-refractivity contribution in [1.29, 1.82) is 0 Å². The van der Waals surface area contributed by atoms with Gasteiger partial charge in [-0.05, 0) is 12.1 Å². The Hall–Kier alpha value is -1.30. The zero-order chi connectivity index (χ0) is 13.0. The van der Waals surface area contributed by atoms with E-state index >= 15 is 0 Å². The molecule has 3 N–H and O–H groups in total. The first-order valence-corrected chi connectivity index (χ1v) is 5.25. The van der Waals surface area contributed by atoms with Crippen LogP contribution in [0.5, 0.6) is 5.75 Å². The van der Waals surface area contributed by atoms with E-state index in [9.17, 15) is 15.0 Å². The van der Waals surface area contributed by atoms with E-state index in [0.29, 0.717) is 16.3 Å². The second kappa shape index (κ2) is 5.86. The van der Waals surface area contributed by atoms with E-state index in [-0.39, 0.29) is 0 Å². The quantitative estimate of drug-likeness (QED) is 0.741. The largest absolute Gasteiger partial charge is 0.496 e. The highest BCUT2D eigenvalue weighted by atomic mass is 35.5. The lowest BCUT2D eigenvalue weighted by molar-refractivity contribution is -0.141. The molecule has 2 atom stereocenters. The molecule has 0 aliphatic heterocycles. The van der Waals surface area contributed by atoms with Gasteiger partial charge in [-0.25, -0.2) is 0 Å². The van der Waals surface area contributed by atoms with Crippen molar-refractivity contribution in [1.82, 2.24) is 0 Å². The molecule has 5 nitrogen and oxygen atoms in total. The smallest absolute Gasteiger partial charge is 0.306 e. The van der Waals surface area contributed by atoms with Crippen LogP contribution >= 0.6 is 11.6 Å². The van der Waals surface area contributed by atoms with Gasteiger partial charge in [-0.15, -0.1) is 0 Å². The molecular formula is C11H13ClO5. The number of aliphatic hydroxyl groups is 2. The summed E-state index contributed by atoms with van der Waals surface area (Å²) in [6, 6.07) is 4.49. The maximum absolute atomic E-state index is 10.4. The Morgan fingerprint density at radius 2 is 2.12 bits per heavy atom. The molecule has 94 valence electrons. The van der Waals surface area contributed by atoms with Gasteiger partial charge in [-0.2, -0.15) is 0 Å². The molecule has 0 radical (unpaired) electrons. The van der Waals surface area contributed by atoms with E-state index in [4.69, 9.17) is 21.4 Å². The maximum atomic E-state index is 10.4. The molecule has 0 aromatic heterocycles. The number of hydrogen-bond donors (Lipinski definition) is 3. The molecule has 0 bridgehead atoms. The summed E-state index contributed by atoms with van der Waals surface area (Å²) in [6.45, 7) is 0. The van der Waals surface area contributed by atoms with Gasteiger partial charge in [0.05, 0.1) is 19.6 Å². The van der Waals surface area contributed by atoms with Crippen molar-refractivity contribution in [3.63, 3.8) is 0 Å². The van der Waals surface area contributed by atoms with Crippen LogP contribution in [-0.2, 0) is 4.79 Å². The molecule has 0 saturated heterocycles. The molecule has 6 heteroatoms. The molecule has 0 spiro atoms. The molecule has 0 aliphatic rings. The standard InChI is InChI=1S/C11H13ClO5/c1-17-9-4-6(12)2-3-7(9)11(16)8(13)5-10(14)15/h2-4,8,11,13,16H,5H2,1H3,(H,14,15). The summed E-state index contributed by atoms with van der Waals surface area (Å²) >= 11 is 5.75. The summed E-state index contributed by atoms with van der Waals surface area (Å²) in [5, 5.41) is 28.3. The summed E-state index contributed by atoms with van der Waals surface area (Å²) < 4.78 is 5.00. The van der Waals surface area contributed by atoms with Gasteiger partial charge in [-0.3, -0.25) is 4.79 Å². The Bertz CT molecular complexity index is 407. The van der Waals surface area contributed by atoms with E-state index in [1.54, 1.807) is 0 Å². The van der Waals surface area contributed by atoms with Gasteiger partial charge in [-0.1, -0.05) is 17.7 Å². The van der Waals surface area contributed by atoms with Crippen molar-refractivity contribution in [2.75, 3.05) is 7.11 Å². The average molecular weight is 261 g/mol. The molecule has 0 heterocycles. The minimum absolute atomic E-state index is 0.297. The van der Waals surface area contributed by atoms with Gasteiger partial charge in [0.2, 0.25) is 0 Å². The Morgan fingerprint density at radius 1 is 1.47 bits per heavy atom. The van der Waals surface area contributed by atoms with Crippen LogP contribution in [0.25, 0.3) is 0 Å². The monoisotopic (exact) mass is 260 g/mol. The first-order chi connectivity index (χ1) is 7.95. The summed E-state index contributed by atoms with van der Waals surface area (Å²) in [5.74, 6) is -0.890. The number of carboxylic acid groups (broad SMARTS) is 1. The zero-order valence-electron chi connectivity index (χ0n) is 9.13. The van der Waals surface area contributed by atoms with Gasteiger partial charge in [0.15, 0.2) is 0 Å². The van der Waals surface area contributed by atoms with Crippen LogP contribution in [-0.4, -0.2) is 34.5 Å². The van der Waals surface area contributed by atoms with Crippen molar-refractivity contribution in [2.24, 2.45) is 0 Å².